The quantitative estimate of drug-likeness (QED) is 0.139. The van der Waals surface area contributed by atoms with E-state index in [-0.39, 0.29) is 22.9 Å². The number of carbonyl (C=O) groups excluding carboxylic acids is 1. The molecular weight excluding hydrogens is 563 g/mol. The highest BCUT2D eigenvalue weighted by Gasteiger charge is 2.39. The zero-order valence-corrected chi connectivity index (χ0v) is 22.3. The Kier molecular flexibility index (Phi) is 8.31. The summed E-state index contributed by atoms with van der Waals surface area (Å²) in [6.45, 7) is 6.92. The number of ether oxygens (including phenoxy) is 1. The monoisotopic (exact) mass is 591 g/mol. The molecule has 34 heavy (non-hydrogen) atoms. The van der Waals surface area contributed by atoms with E-state index < -0.39 is 0 Å². The minimum Gasteiger partial charge on any atom is -0.458 e. The number of allylic oxidation sites excluding steroid dienone is 2. The van der Waals surface area contributed by atoms with E-state index in [9.17, 15) is 9.59 Å². The summed E-state index contributed by atoms with van der Waals surface area (Å²) in [5.74, 6) is -0.210. The van der Waals surface area contributed by atoms with E-state index in [2.05, 4.69) is 47.6 Å². The summed E-state index contributed by atoms with van der Waals surface area (Å²) in [5, 5.41) is 2.21. The number of nitrogens with zero attached hydrogens (tertiary/aromatic N) is 2. The van der Waals surface area contributed by atoms with Gasteiger partial charge in [0.1, 0.15) is 12.2 Å². The summed E-state index contributed by atoms with van der Waals surface area (Å²) in [7, 11) is 0. The molecule has 2 aromatic rings. The highest BCUT2D eigenvalue weighted by molar-refractivity contribution is 14.1. The fraction of sp³-hybridized carbons (Fsp3) is 0.346. The lowest BCUT2D eigenvalue weighted by Gasteiger charge is -2.20. The molecule has 1 aromatic heterocycles. The molecule has 0 spiro atoms. The van der Waals surface area contributed by atoms with Gasteiger partial charge in [-0.2, -0.15) is 0 Å². The van der Waals surface area contributed by atoms with Crippen molar-refractivity contribution in [2.45, 2.75) is 25.1 Å². The Morgan fingerprint density at radius 3 is 2.76 bits per heavy atom. The Bertz CT molecular complexity index is 1240. The van der Waals surface area contributed by atoms with Crippen LogP contribution >= 0.6 is 34.4 Å². The van der Waals surface area contributed by atoms with Gasteiger partial charge in [-0.25, -0.2) is 9.37 Å². The minimum absolute atomic E-state index is 0.194. The first-order chi connectivity index (χ1) is 16.5. The van der Waals surface area contributed by atoms with E-state index >= 15 is 0 Å². The largest absolute Gasteiger partial charge is 0.458 e. The molecule has 0 N–H and O–H groups in total. The third-order valence-corrected chi connectivity index (χ3v) is 7.88. The number of alkyl halides is 1. The van der Waals surface area contributed by atoms with E-state index in [1.165, 1.54) is 0 Å². The maximum absolute atomic E-state index is 12.7. The van der Waals surface area contributed by atoms with Crippen molar-refractivity contribution in [3.8, 4) is 0 Å². The lowest BCUT2D eigenvalue weighted by molar-refractivity contribution is -0.548. The molecule has 0 fully saturated rings. The van der Waals surface area contributed by atoms with Crippen LogP contribution in [0.4, 0.5) is 5.69 Å². The Morgan fingerprint density at radius 1 is 1.21 bits per heavy atom. The fourth-order valence-electron chi connectivity index (χ4n) is 4.19. The van der Waals surface area contributed by atoms with Crippen molar-refractivity contribution in [2.24, 2.45) is 0 Å². The number of halogens is 1. The first-order valence-corrected chi connectivity index (χ1v) is 13.8. The second kappa shape index (κ2) is 11.4. The maximum Gasteiger partial charge on any atom is 0.343 e. The highest BCUT2D eigenvalue weighted by atomic mass is 127. The third-order valence-electron chi connectivity index (χ3n) is 5.94. The van der Waals surface area contributed by atoms with E-state index in [0.717, 1.165) is 29.2 Å². The number of esters is 1. The van der Waals surface area contributed by atoms with Crippen LogP contribution in [0.15, 0.2) is 63.9 Å². The van der Waals surface area contributed by atoms with Gasteiger partial charge < -0.3 is 14.1 Å². The van der Waals surface area contributed by atoms with E-state index in [4.69, 9.17) is 9.15 Å². The van der Waals surface area contributed by atoms with Gasteiger partial charge in [-0.15, -0.1) is 0 Å². The van der Waals surface area contributed by atoms with Gasteiger partial charge in [0, 0.05) is 36.3 Å². The molecule has 0 radical (unpaired) electrons. The average Bonchev–Trinajstić information content (AvgIpc) is 3.20. The van der Waals surface area contributed by atoms with Gasteiger partial charge in [-0.3, -0.25) is 4.79 Å². The molecule has 2 atom stereocenters. The van der Waals surface area contributed by atoms with Gasteiger partial charge >= 0.3 is 11.6 Å². The van der Waals surface area contributed by atoms with Crippen molar-refractivity contribution in [3.63, 3.8) is 0 Å². The van der Waals surface area contributed by atoms with Gasteiger partial charge in [0.2, 0.25) is 5.04 Å². The first-order valence-electron chi connectivity index (χ1n) is 11.4. The van der Waals surface area contributed by atoms with E-state index in [1.54, 1.807) is 11.8 Å². The summed E-state index contributed by atoms with van der Waals surface area (Å²) >= 11 is 3.75. The molecule has 0 amide bonds. The van der Waals surface area contributed by atoms with Crippen LogP contribution in [0.25, 0.3) is 17.0 Å². The number of hydrogen-bond acceptors (Lipinski definition) is 6. The second-order valence-corrected chi connectivity index (χ2v) is 9.91. The van der Waals surface area contributed by atoms with Crippen LogP contribution < -0.4 is 10.5 Å². The molecule has 1 aliphatic heterocycles. The molecule has 1 aromatic carbocycles. The fourth-order valence-corrected chi connectivity index (χ4v) is 5.73. The van der Waals surface area contributed by atoms with Gasteiger partial charge in [0.05, 0.1) is 15.2 Å². The molecule has 178 valence electrons. The molecule has 0 saturated heterocycles. The number of carbonyl (C=O) groups is 1. The van der Waals surface area contributed by atoms with Crippen LogP contribution in [0, 0.1) is 0 Å². The van der Waals surface area contributed by atoms with Crippen LogP contribution in [0.1, 0.15) is 19.4 Å². The number of thioether (sulfide) groups is 1. The van der Waals surface area contributed by atoms with E-state index in [0.29, 0.717) is 28.7 Å². The Labute approximate surface area is 217 Å². The summed E-state index contributed by atoms with van der Waals surface area (Å²) in [6.07, 6.45) is 12.2. The number of rotatable bonds is 9. The molecule has 0 bridgehead atoms. The minimum atomic E-state index is -0.358. The lowest BCUT2D eigenvalue weighted by atomic mass is 10.1. The molecule has 6 nitrogen and oxygen atoms in total. The highest BCUT2D eigenvalue weighted by Crippen LogP contribution is 2.31. The zero-order chi connectivity index (χ0) is 24.1. The standard InChI is InChI=1S/C26H28IN2O4S/c1-3-28(4-2)20-11-9-18-15-19(26(31)33-22(18)16-20)10-12-24-29(13-14-32-25(30)17-27)21-7-5-6-8-23(21)34-24/h5-12,15-16,21,23H,3-4,13-14,17H2,1-2H3/q+1. The van der Waals surface area contributed by atoms with E-state index in [1.807, 2.05) is 59.0 Å². The molecule has 2 aliphatic rings. The second-order valence-electron chi connectivity index (χ2n) is 7.95. The first kappa shape index (κ1) is 24.8. The summed E-state index contributed by atoms with van der Waals surface area (Å²) < 4.78 is 13.5. The Hall–Kier alpha value is -2.33. The van der Waals surface area contributed by atoms with Gasteiger partial charge in [-0.1, -0.05) is 40.8 Å². The van der Waals surface area contributed by atoms with Crippen LogP contribution in [-0.2, 0) is 9.53 Å². The molecule has 2 heterocycles. The number of anilines is 1. The van der Waals surface area contributed by atoms with Crippen molar-refractivity contribution in [2.75, 3.05) is 35.6 Å². The maximum atomic E-state index is 12.7. The topological polar surface area (TPSA) is 62.8 Å². The van der Waals surface area contributed by atoms with Gasteiger partial charge in [0.25, 0.3) is 0 Å². The number of hydrogen-bond donors (Lipinski definition) is 0. The summed E-state index contributed by atoms with van der Waals surface area (Å²) in [6, 6.07) is 8.06. The molecule has 0 saturated carbocycles. The third kappa shape index (κ3) is 5.49. The Balaban J connectivity index is 1.60. The van der Waals surface area contributed by atoms with Crippen molar-refractivity contribution >= 4 is 68.1 Å². The summed E-state index contributed by atoms with van der Waals surface area (Å²) in [4.78, 5) is 26.5. The van der Waals surface area contributed by atoms with Crippen LogP contribution in [0.2, 0.25) is 0 Å². The summed E-state index contributed by atoms with van der Waals surface area (Å²) in [5.41, 5.74) is 1.79. The number of benzene rings is 1. The zero-order valence-electron chi connectivity index (χ0n) is 19.3. The number of fused-ring (bicyclic) bond motifs is 2. The SMILES string of the molecule is CCN(CC)c1ccc2cc(/C=C/C3=[N+](CCOC(=O)CI)C4C=CC=CC4S3)c(=O)oc2c1. The molecule has 2 unspecified atom stereocenters. The smallest absolute Gasteiger partial charge is 0.343 e. The Morgan fingerprint density at radius 2 is 2.00 bits per heavy atom. The van der Waals surface area contributed by atoms with Crippen molar-refractivity contribution in [1.29, 1.82) is 0 Å². The van der Waals surface area contributed by atoms with Crippen molar-refractivity contribution < 1.29 is 18.5 Å². The van der Waals surface area contributed by atoms with Gasteiger partial charge in [-0.05, 0) is 56.0 Å². The normalized spacial score (nSPS) is 19.3. The van der Waals surface area contributed by atoms with Crippen molar-refractivity contribution in [3.05, 3.63) is 70.6 Å². The average molecular weight is 591 g/mol. The van der Waals surface area contributed by atoms with Crippen molar-refractivity contribution in [1.82, 2.24) is 0 Å². The molecule has 4 rings (SSSR count). The van der Waals surface area contributed by atoms with Crippen LogP contribution in [0.5, 0.6) is 0 Å². The van der Waals surface area contributed by atoms with Crippen LogP contribution in [-0.4, -0.2) is 57.5 Å². The predicted molar refractivity (Wildman–Crippen MR) is 149 cm³/mol. The predicted octanol–water partition coefficient (Wildman–Crippen LogP) is 4.65. The lowest BCUT2D eigenvalue weighted by Crippen LogP contribution is -2.32. The molecule has 1 aliphatic carbocycles. The molecular formula is C26H28IN2O4S+. The van der Waals surface area contributed by atoms with Crippen LogP contribution in [0.3, 0.4) is 0 Å². The van der Waals surface area contributed by atoms with Gasteiger partial charge in [0.15, 0.2) is 12.6 Å². The molecule has 8 heteroatoms.